The van der Waals surface area contributed by atoms with E-state index in [1.54, 1.807) is 26.2 Å². The Morgan fingerprint density at radius 1 is 1.42 bits per heavy atom. The number of carbonyl (C=O) groups is 1. The number of amides is 1. The molecule has 0 radical (unpaired) electrons. The maximum Gasteiger partial charge on any atom is 0.220 e. The first-order chi connectivity index (χ1) is 12.5. The largest absolute Gasteiger partial charge is 0.489 e. The number of aliphatic imine (C=N–C) groups is 1. The SMILES string of the molecule is CN=C(NCC(C)Oc1cccc(F)c1)N1CCC(CC(=O)NC)CC1. The van der Waals surface area contributed by atoms with E-state index in [1.807, 2.05) is 6.92 Å². The van der Waals surface area contributed by atoms with Gasteiger partial charge in [0, 0.05) is 39.7 Å². The zero-order valence-electron chi connectivity index (χ0n) is 15.8. The van der Waals surface area contributed by atoms with Crippen molar-refractivity contribution in [2.45, 2.75) is 32.3 Å². The molecule has 1 fully saturated rings. The summed E-state index contributed by atoms with van der Waals surface area (Å²) < 4.78 is 18.9. The molecule has 0 bridgehead atoms. The number of likely N-dealkylation sites (tertiary alicyclic amines) is 1. The molecule has 2 N–H and O–H groups in total. The Kier molecular flexibility index (Phi) is 7.69. The fourth-order valence-electron chi connectivity index (χ4n) is 3.09. The molecule has 1 aliphatic heterocycles. The summed E-state index contributed by atoms with van der Waals surface area (Å²) in [7, 11) is 3.44. The Hall–Kier alpha value is -2.31. The second-order valence-electron chi connectivity index (χ2n) is 6.62. The van der Waals surface area contributed by atoms with Gasteiger partial charge in [-0.2, -0.15) is 0 Å². The van der Waals surface area contributed by atoms with E-state index in [0.717, 1.165) is 31.9 Å². The standard InChI is InChI=1S/C19H29FN4O2/c1-14(26-17-6-4-5-16(20)12-17)13-23-19(22-3)24-9-7-15(8-10-24)11-18(25)21-2/h4-6,12,14-15H,7-11,13H2,1-3H3,(H,21,25)(H,22,23). The van der Waals surface area contributed by atoms with Gasteiger partial charge in [-0.1, -0.05) is 6.07 Å². The number of hydrogen-bond acceptors (Lipinski definition) is 3. The van der Waals surface area contributed by atoms with Crippen LogP contribution < -0.4 is 15.4 Å². The van der Waals surface area contributed by atoms with E-state index in [9.17, 15) is 9.18 Å². The molecule has 2 rings (SSSR count). The Bertz CT molecular complexity index is 615. The minimum atomic E-state index is -0.307. The maximum atomic E-state index is 13.2. The molecule has 0 aromatic heterocycles. The molecule has 26 heavy (non-hydrogen) atoms. The molecule has 1 atom stereocenters. The van der Waals surface area contributed by atoms with Crippen LogP contribution in [0.15, 0.2) is 29.3 Å². The van der Waals surface area contributed by atoms with Gasteiger partial charge in [0.25, 0.3) is 0 Å². The van der Waals surface area contributed by atoms with Gasteiger partial charge in [-0.15, -0.1) is 0 Å². The average molecular weight is 364 g/mol. The van der Waals surface area contributed by atoms with E-state index in [2.05, 4.69) is 20.5 Å². The lowest BCUT2D eigenvalue weighted by atomic mass is 9.93. The molecule has 0 spiro atoms. The molecule has 1 heterocycles. The predicted molar refractivity (Wildman–Crippen MR) is 101 cm³/mol. The second-order valence-corrected chi connectivity index (χ2v) is 6.62. The van der Waals surface area contributed by atoms with E-state index in [0.29, 0.717) is 24.6 Å². The summed E-state index contributed by atoms with van der Waals surface area (Å²) in [5.41, 5.74) is 0. The lowest BCUT2D eigenvalue weighted by Crippen LogP contribution is -2.48. The summed E-state index contributed by atoms with van der Waals surface area (Å²) in [6, 6.07) is 6.15. The number of rotatable bonds is 6. The topological polar surface area (TPSA) is 66.0 Å². The normalized spacial score (nSPS) is 16.9. The molecule has 1 amide bonds. The lowest BCUT2D eigenvalue weighted by molar-refractivity contribution is -0.121. The summed E-state index contributed by atoms with van der Waals surface area (Å²) >= 11 is 0. The number of guanidine groups is 1. The van der Waals surface area contributed by atoms with Gasteiger partial charge in [0.2, 0.25) is 5.91 Å². The summed E-state index contributed by atoms with van der Waals surface area (Å²) in [4.78, 5) is 18.0. The van der Waals surface area contributed by atoms with E-state index < -0.39 is 0 Å². The highest BCUT2D eigenvalue weighted by molar-refractivity contribution is 5.80. The lowest BCUT2D eigenvalue weighted by Gasteiger charge is -2.34. The molecule has 1 aromatic carbocycles. The first-order valence-corrected chi connectivity index (χ1v) is 9.10. The van der Waals surface area contributed by atoms with Gasteiger partial charge < -0.3 is 20.3 Å². The molecule has 1 saturated heterocycles. The molecule has 144 valence electrons. The van der Waals surface area contributed by atoms with Gasteiger partial charge in [0.05, 0.1) is 6.54 Å². The third-order valence-electron chi connectivity index (χ3n) is 4.56. The van der Waals surface area contributed by atoms with Gasteiger partial charge in [-0.3, -0.25) is 9.79 Å². The summed E-state index contributed by atoms with van der Waals surface area (Å²) in [6.07, 6.45) is 2.42. The van der Waals surface area contributed by atoms with E-state index in [1.165, 1.54) is 12.1 Å². The van der Waals surface area contributed by atoms with Crippen LogP contribution in [0.25, 0.3) is 0 Å². The summed E-state index contributed by atoms with van der Waals surface area (Å²) in [5.74, 6) is 1.58. The Morgan fingerprint density at radius 2 is 2.15 bits per heavy atom. The van der Waals surface area contributed by atoms with Crippen LogP contribution in [0.5, 0.6) is 5.75 Å². The van der Waals surface area contributed by atoms with Crippen molar-refractivity contribution >= 4 is 11.9 Å². The van der Waals surface area contributed by atoms with E-state index >= 15 is 0 Å². The molecule has 7 heteroatoms. The van der Waals surface area contributed by atoms with Crippen LogP contribution in [0.2, 0.25) is 0 Å². The molecular formula is C19H29FN4O2. The molecule has 1 aromatic rings. The predicted octanol–water partition coefficient (Wildman–Crippen LogP) is 2.02. The minimum absolute atomic E-state index is 0.106. The fraction of sp³-hybridized carbons (Fsp3) is 0.579. The van der Waals surface area contributed by atoms with Gasteiger partial charge in [-0.05, 0) is 37.8 Å². The van der Waals surface area contributed by atoms with Crippen molar-refractivity contribution in [1.82, 2.24) is 15.5 Å². The Balaban J connectivity index is 1.76. The van der Waals surface area contributed by atoms with Gasteiger partial charge in [0.1, 0.15) is 17.7 Å². The van der Waals surface area contributed by atoms with Gasteiger partial charge >= 0.3 is 0 Å². The minimum Gasteiger partial charge on any atom is -0.489 e. The van der Waals surface area contributed by atoms with Crippen LogP contribution >= 0.6 is 0 Å². The molecule has 1 aliphatic rings. The number of nitrogens with one attached hydrogen (secondary N) is 2. The van der Waals surface area contributed by atoms with Crippen LogP contribution in [0, 0.1) is 11.7 Å². The van der Waals surface area contributed by atoms with Crippen LogP contribution in [0.4, 0.5) is 4.39 Å². The second kappa shape index (κ2) is 9.99. The van der Waals surface area contributed by atoms with Gasteiger partial charge in [0.15, 0.2) is 5.96 Å². The molecule has 0 saturated carbocycles. The molecule has 1 unspecified atom stereocenters. The van der Waals surface area contributed by atoms with E-state index in [-0.39, 0.29) is 17.8 Å². The Morgan fingerprint density at radius 3 is 2.77 bits per heavy atom. The highest BCUT2D eigenvalue weighted by Gasteiger charge is 2.23. The number of ether oxygens (including phenoxy) is 1. The monoisotopic (exact) mass is 364 g/mol. The van der Waals surface area contributed by atoms with Crippen LogP contribution in [-0.4, -0.2) is 56.6 Å². The van der Waals surface area contributed by atoms with Crippen molar-refractivity contribution in [2.75, 3.05) is 33.7 Å². The third kappa shape index (κ3) is 6.20. The van der Waals surface area contributed by atoms with Crippen molar-refractivity contribution in [3.8, 4) is 5.75 Å². The zero-order chi connectivity index (χ0) is 18.9. The van der Waals surface area contributed by atoms with Gasteiger partial charge in [-0.25, -0.2) is 4.39 Å². The first kappa shape index (κ1) is 20.0. The Labute approximate surface area is 154 Å². The number of benzene rings is 1. The molecular weight excluding hydrogens is 335 g/mol. The quantitative estimate of drug-likeness (QED) is 0.599. The van der Waals surface area contributed by atoms with Crippen LogP contribution in [-0.2, 0) is 4.79 Å². The third-order valence-corrected chi connectivity index (χ3v) is 4.56. The number of carbonyl (C=O) groups excluding carboxylic acids is 1. The van der Waals surface area contributed by atoms with Crippen LogP contribution in [0.1, 0.15) is 26.2 Å². The van der Waals surface area contributed by atoms with Crippen molar-refractivity contribution in [3.05, 3.63) is 30.1 Å². The van der Waals surface area contributed by atoms with Crippen molar-refractivity contribution < 1.29 is 13.9 Å². The first-order valence-electron chi connectivity index (χ1n) is 9.10. The number of piperidine rings is 1. The molecule has 6 nitrogen and oxygen atoms in total. The number of nitrogens with zero attached hydrogens (tertiary/aromatic N) is 2. The zero-order valence-corrected chi connectivity index (χ0v) is 15.8. The smallest absolute Gasteiger partial charge is 0.220 e. The van der Waals surface area contributed by atoms with Crippen molar-refractivity contribution in [2.24, 2.45) is 10.9 Å². The van der Waals surface area contributed by atoms with E-state index in [4.69, 9.17) is 4.74 Å². The highest BCUT2D eigenvalue weighted by Crippen LogP contribution is 2.20. The maximum absolute atomic E-state index is 13.2. The average Bonchev–Trinajstić information content (AvgIpc) is 2.63. The van der Waals surface area contributed by atoms with Crippen molar-refractivity contribution in [3.63, 3.8) is 0 Å². The fourth-order valence-corrected chi connectivity index (χ4v) is 3.09. The summed E-state index contributed by atoms with van der Waals surface area (Å²) in [6.45, 7) is 4.25. The molecule has 0 aliphatic carbocycles. The van der Waals surface area contributed by atoms with Crippen molar-refractivity contribution in [1.29, 1.82) is 0 Å². The number of hydrogen-bond donors (Lipinski definition) is 2. The highest BCUT2D eigenvalue weighted by atomic mass is 19.1. The number of halogens is 1. The summed E-state index contributed by atoms with van der Waals surface area (Å²) in [5, 5.41) is 6.01. The van der Waals surface area contributed by atoms with Crippen LogP contribution in [0.3, 0.4) is 0 Å².